The van der Waals surface area contributed by atoms with Crippen LogP contribution in [0.2, 0.25) is 5.02 Å². The third kappa shape index (κ3) is 3.73. The molecule has 2 saturated heterocycles. The van der Waals surface area contributed by atoms with Crippen LogP contribution in [0.1, 0.15) is 37.3 Å². The first kappa shape index (κ1) is 17.2. The summed E-state index contributed by atoms with van der Waals surface area (Å²) >= 11 is 6.33. The highest BCUT2D eigenvalue weighted by Crippen LogP contribution is 2.35. The Hall–Kier alpha value is -1.59. The van der Waals surface area contributed by atoms with Crippen LogP contribution in [-0.2, 0) is 9.59 Å². The van der Waals surface area contributed by atoms with Crippen LogP contribution in [0.5, 0.6) is 0 Å². The fourth-order valence-electron chi connectivity index (χ4n) is 3.80. The highest BCUT2D eigenvalue weighted by atomic mass is 35.5. The number of piperidine rings is 1. The normalized spacial score (nSPS) is 22.7. The molecule has 1 aromatic rings. The minimum atomic E-state index is -0.250. The molecule has 2 aliphatic heterocycles. The van der Waals surface area contributed by atoms with Gasteiger partial charge in [-0.05, 0) is 43.9 Å². The molecule has 1 aromatic carbocycles. The lowest BCUT2D eigenvalue weighted by Crippen LogP contribution is -2.45. The first-order valence-corrected chi connectivity index (χ1v) is 8.99. The van der Waals surface area contributed by atoms with Gasteiger partial charge >= 0.3 is 0 Å². The van der Waals surface area contributed by atoms with Crippen molar-refractivity contribution in [2.75, 3.05) is 26.2 Å². The number of amides is 2. The average molecular weight is 350 g/mol. The van der Waals surface area contributed by atoms with Crippen LogP contribution in [0.25, 0.3) is 0 Å². The number of likely N-dealkylation sites (tertiary alicyclic amines) is 2. The predicted octanol–water partition coefficient (Wildman–Crippen LogP) is 2.20. The zero-order valence-corrected chi connectivity index (χ0v) is 14.5. The number of nitrogens with two attached hydrogens (primary N) is 1. The Bertz CT molecular complexity index is 614. The van der Waals surface area contributed by atoms with Gasteiger partial charge in [-0.25, -0.2) is 0 Å². The van der Waals surface area contributed by atoms with Crippen molar-refractivity contribution in [3.8, 4) is 0 Å². The SMILES string of the molecule is NC(=O)C1CCN(C(=O)CN2CCCC2c2ccccc2Cl)CC1. The third-order valence-electron chi connectivity index (χ3n) is 5.22. The number of carbonyl (C=O) groups is 2. The Morgan fingerprint density at radius 2 is 1.83 bits per heavy atom. The number of primary amides is 1. The van der Waals surface area contributed by atoms with E-state index in [0.717, 1.165) is 30.0 Å². The molecule has 0 bridgehead atoms. The van der Waals surface area contributed by atoms with E-state index in [1.807, 2.05) is 29.2 Å². The minimum absolute atomic E-state index is 0.0864. The first-order chi connectivity index (χ1) is 11.6. The minimum Gasteiger partial charge on any atom is -0.369 e. The van der Waals surface area contributed by atoms with Crippen molar-refractivity contribution in [3.63, 3.8) is 0 Å². The summed E-state index contributed by atoms with van der Waals surface area (Å²) in [5.74, 6) is -0.200. The number of benzene rings is 1. The number of nitrogens with zero attached hydrogens (tertiary/aromatic N) is 2. The standard InChI is InChI=1S/C18H24ClN3O2/c19-15-5-2-1-4-14(15)16-6-3-9-22(16)12-17(23)21-10-7-13(8-11-21)18(20)24/h1-2,4-5,13,16H,3,6-12H2,(H2,20,24). The van der Waals surface area contributed by atoms with Gasteiger partial charge in [-0.15, -0.1) is 0 Å². The second-order valence-corrected chi connectivity index (χ2v) is 7.11. The summed E-state index contributed by atoms with van der Waals surface area (Å²) in [5.41, 5.74) is 6.46. The fourth-order valence-corrected chi connectivity index (χ4v) is 4.06. The number of carbonyl (C=O) groups excluding carboxylic acids is 2. The van der Waals surface area contributed by atoms with E-state index in [4.69, 9.17) is 17.3 Å². The van der Waals surface area contributed by atoms with E-state index in [1.165, 1.54) is 0 Å². The van der Waals surface area contributed by atoms with Crippen molar-refractivity contribution < 1.29 is 9.59 Å². The number of hydrogen-bond donors (Lipinski definition) is 1. The topological polar surface area (TPSA) is 66.6 Å². The van der Waals surface area contributed by atoms with E-state index < -0.39 is 0 Å². The van der Waals surface area contributed by atoms with Gasteiger partial charge in [-0.3, -0.25) is 14.5 Å². The van der Waals surface area contributed by atoms with E-state index >= 15 is 0 Å². The molecule has 2 heterocycles. The summed E-state index contributed by atoms with van der Waals surface area (Å²) in [4.78, 5) is 28.0. The maximum absolute atomic E-state index is 12.6. The summed E-state index contributed by atoms with van der Waals surface area (Å²) in [5, 5.41) is 0.768. The number of rotatable bonds is 4. The van der Waals surface area contributed by atoms with Gasteiger partial charge in [0.05, 0.1) is 6.54 Å². The van der Waals surface area contributed by atoms with Crippen molar-refractivity contribution in [1.29, 1.82) is 0 Å². The van der Waals surface area contributed by atoms with E-state index in [0.29, 0.717) is 32.5 Å². The molecule has 24 heavy (non-hydrogen) atoms. The van der Waals surface area contributed by atoms with Crippen molar-refractivity contribution in [1.82, 2.24) is 9.80 Å². The molecule has 130 valence electrons. The van der Waals surface area contributed by atoms with Gasteiger partial charge in [0.25, 0.3) is 0 Å². The second-order valence-electron chi connectivity index (χ2n) is 6.71. The van der Waals surface area contributed by atoms with E-state index in [9.17, 15) is 9.59 Å². The molecule has 0 aromatic heterocycles. The molecule has 6 heteroatoms. The molecule has 0 saturated carbocycles. The lowest BCUT2D eigenvalue weighted by atomic mass is 9.96. The van der Waals surface area contributed by atoms with Crippen LogP contribution in [-0.4, -0.2) is 47.8 Å². The molecule has 2 amide bonds. The van der Waals surface area contributed by atoms with Gasteiger partial charge in [0.1, 0.15) is 0 Å². The Kier molecular flexibility index (Phi) is 5.41. The van der Waals surface area contributed by atoms with Gasteiger partial charge < -0.3 is 10.6 Å². The summed E-state index contributed by atoms with van der Waals surface area (Å²) in [6.45, 7) is 2.57. The zero-order valence-electron chi connectivity index (χ0n) is 13.8. The van der Waals surface area contributed by atoms with Crippen LogP contribution in [0, 0.1) is 5.92 Å². The van der Waals surface area contributed by atoms with Gasteiger partial charge in [0.15, 0.2) is 0 Å². The fraction of sp³-hybridized carbons (Fsp3) is 0.556. The van der Waals surface area contributed by atoms with Crippen molar-refractivity contribution >= 4 is 23.4 Å². The average Bonchev–Trinajstić information content (AvgIpc) is 3.03. The van der Waals surface area contributed by atoms with E-state index in [-0.39, 0.29) is 23.8 Å². The summed E-state index contributed by atoms with van der Waals surface area (Å²) in [6.07, 6.45) is 3.46. The second kappa shape index (κ2) is 7.53. The van der Waals surface area contributed by atoms with Crippen LogP contribution in [0.3, 0.4) is 0 Å². The summed E-state index contributed by atoms with van der Waals surface area (Å²) in [6, 6.07) is 8.09. The Morgan fingerprint density at radius 3 is 2.50 bits per heavy atom. The summed E-state index contributed by atoms with van der Waals surface area (Å²) in [7, 11) is 0. The third-order valence-corrected chi connectivity index (χ3v) is 5.56. The highest BCUT2D eigenvalue weighted by molar-refractivity contribution is 6.31. The van der Waals surface area contributed by atoms with Crippen LogP contribution in [0.4, 0.5) is 0 Å². The van der Waals surface area contributed by atoms with Crippen LogP contribution < -0.4 is 5.73 Å². The first-order valence-electron chi connectivity index (χ1n) is 8.62. The van der Waals surface area contributed by atoms with Gasteiger partial charge in [-0.2, -0.15) is 0 Å². The number of hydrogen-bond acceptors (Lipinski definition) is 3. The highest BCUT2D eigenvalue weighted by Gasteiger charge is 2.31. The maximum atomic E-state index is 12.6. The molecule has 2 aliphatic rings. The van der Waals surface area contributed by atoms with Gasteiger partial charge in [-0.1, -0.05) is 29.8 Å². The molecule has 5 nitrogen and oxygen atoms in total. The molecule has 0 aliphatic carbocycles. The maximum Gasteiger partial charge on any atom is 0.236 e. The monoisotopic (exact) mass is 349 g/mol. The van der Waals surface area contributed by atoms with Crippen LogP contribution in [0.15, 0.2) is 24.3 Å². The van der Waals surface area contributed by atoms with Gasteiger partial charge in [0, 0.05) is 30.1 Å². The summed E-state index contributed by atoms with van der Waals surface area (Å²) < 4.78 is 0. The predicted molar refractivity (Wildman–Crippen MR) is 93.5 cm³/mol. The largest absolute Gasteiger partial charge is 0.369 e. The molecule has 2 fully saturated rings. The van der Waals surface area contributed by atoms with Crippen LogP contribution >= 0.6 is 11.6 Å². The van der Waals surface area contributed by atoms with E-state index in [2.05, 4.69) is 4.90 Å². The Morgan fingerprint density at radius 1 is 1.12 bits per heavy atom. The quantitative estimate of drug-likeness (QED) is 0.906. The molecule has 3 rings (SSSR count). The molecule has 0 spiro atoms. The lowest BCUT2D eigenvalue weighted by molar-refractivity contribution is -0.136. The molecular weight excluding hydrogens is 326 g/mol. The zero-order chi connectivity index (χ0) is 17.1. The molecule has 0 radical (unpaired) electrons. The van der Waals surface area contributed by atoms with E-state index in [1.54, 1.807) is 0 Å². The molecule has 2 N–H and O–H groups in total. The lowest BCUT2D eigenvalue weighted by Gasteiger charge is -2.33. The number of halogens is 1. The van der Waals surface area contributed by atoms with Crippen molar-refractivity contribution in [2.24, 2.45) is 11.7 Å². The van der Waals surface area contributed by atoms with Crippen molar-refractivity contribution in [3.05, 3.63) is 34.9 Å². The molecule has 1 atom stereocenters. The Labute approximate surface area is 147 Å². The van der Waals surface area contributed by atoms with Crippen molar-refractivity contribution in [2.45, 2.75) is 31.7 Å². The van der Waals surface area contributed by atoms with Gasteiger partial charge in [0.2, 0.25) is 11.8 Å². The molecule has 1 unspecified atom stereocenters. The molecular formula is C18H24ClN3O2. The Balaban J connectivity index is 1.60. The smallest absolute Gasteiger partial charge is 0.236 e.